The predicted octanol–water partition coefficient (Wildman–Crippen LogP) is 1.07. The molecule has 4 N–H and O–H groups in total. The van der Waals surface area contributed by atoms with Crippen molar-refractivity contribution in [1.82, 2.24) is 5.43 Å². The summed E-state index contributed by atoms with van der Waals surface area (Å²) in [6, 6.07) is -0.667. The van der Waals surface area contributed by atoms with Crippen molar-refractivity contribution in [3.63, 3.8) is 0 Å². The van der Waals surface area contributed by atoms with Crippen LogP contribution in [0, 0.1) is 5.92 Å². The molecular formula is C10H17N3O3. The van der Waals surface area contributed by atoms with E-state index in [-0.39, 0.29) is 6.42 Å². The van der Waals surface area contributed by atoms with Crippen molar-refractivity contribution < 1.29 is 14.7 Å². The molecule has 0 heterocycles. The monoisotopic (exact) mass is 227 g/mol. The van der Waals surface area contributed by atoms with Gasteiger partial charge in [-0.25, -0.2) is 10.2 Å². The first-order valence-electron chi connectivity index (χ1n) is 5.40. The molecule has 16 heavy (non-hydrogen) atoms. The van der Waals surface area contributed by atoms with Gasteiger partial charge in [-0.3, -0.25) is 4.79 Å². The third kappa shape index (κ3) is 4.77. The van der Waals surface area contributed by atoms with Crippen LogP contribution in [0.15, 0.2) is 5.10 Å². The van der Waals surface area contributed by atoms with Crippen LogP contribution in [0.2, 0.25) is 0 Å². The summed E-state index contributed by atoms with van der Waals surface area (Å²) in [5.41, 5.74) is 8.02. The molecule has 0 aromatic heterocycles. The Hall–Kier alpha value is -1.59. The number of aliphatic carboxylic acids is 1. The lowest BCUT2D eigenvalue weighted by Crippen LogP contribution is -2.27. The Morgan fingerprint density at radius 1 is 1.56 bits per heavy atom. The number of carboxylic acid groups (broad SMARTS) is 1. The zero-order valence-corrected chi connectivity index (χ0v) is 9.11. The standard InChI is InChI=1S/C10H17N3O3/c11-10(16)13-12-8-3-1-2-7(6-8)4-5-9(14)15/h7H,1-6H2,(H,14,15)(H3,11,13,16). The minimum Gasteiger partial charge on any atom is -0.481 e. The fourth-order valence-corrected chi connectivity index (χ4v) is 1.94. The highest BCUT2D eigenvalue weighted by atomic mass is 16.4. The highest BCUT2D eigenvalue weighted by Crippen LogP contribution is 2.25. The van der Waals surface area contributed by atoms with Crippen LogP contribution in [0.5, 0.6) is 0 Å². The summed E-state index contributed by atoms with van der Waals surface area (Å²) in [5, 5.41) is 12.5. The first-order valence-corrected chi connectivity index (χ1v) is 5.40. The fraction of sp³-hybridized carbons (Fsp3) is 0.700. The molecule has 0 radical (unpaired) electrons. The van der Waals surface area contributed by atoms with Gasteiger partial charge in [0, 0.05) is 12.1 Å². The maximum atomic E-state index is 10.5. The minimum absolute atomic E-state index is 0.196. The van der Waals surface area contributed by atoms with Crippen LogP contribution in [0.25, 0.3) is 0 Å². The molecule has 0 bridgehead atoms. The molecule has 1 rings (SSSR count). The molecule has 1 fully saturated rings. The van der Waals surface area contributed by atoms with E-state index in [2.05, 4.69) is 10.5 Å². The Balaban J connectivity index is 2.37. The van der Waals surface area contributed by atoms with E-state index >= 15 is 0 Å². The summed E-state index contributed by atoms with van der Waals surface area (Å²) in [4.78, 5) is 20.9. The van der Waals surface area contributed by atoms with E-state index in [0.29, 0.717) is 12.3 Å². The van der Waals surface area contributed by atoms with E-state index in [1.165, 1.54) is 0 Å². The van der Waals surface area contributed by atoms with Crippen molar-refractivity contribution in [1.29, 1.82) is 0 Å². The van der Waals surface area contributed by atoms with E-state index in [1.54, 1.807) is 0 Å². The zero-order valence-electron chi connectivity index (χ0n) is 9.11. The number of amides is 2. The topological polar surface area (TPSA) is 105 Å². The quantitative estimate of drug-likeness (QED) is 0.625. The molecule has 6 nitrogen and oxygen atoms in total. The lowest BCUT2D eigenvalue weighted by atomic mass is 9.85. The van der Waals surface area contributed by atoms with Crippen molar-refractivity contribution in [2.75, 3.05) is 0 Å². The average Bonchev–Trinajstić information content (AvgIpc) is 2.24. The van der Waals surface area contributed by atoms with Gasteiger partial charge in [0.05, 0.1) is 0 Å². The van der Waals surface area contributed by atoms with E-state index in [9.17, 15) is 9.59 Å². The number of rotatable bonds is 4. The molecule has 0 aromatic rings. The Morgan fingerprint density at radius 2 is 2.31 bits per heavy atom. The first-order chi connectivity index (χ1) is 7.58. The zero-order chi connectivity index (χ0) is 12.0. The maximum absolute atomic E-state index is 10.5. The predicted molar refractivity (Wildman–Crippen MR) is 59.0 cm³/mol. The van der Waals surface area contributed by atoms with Gasteiger partial charge in [0.2, 0.25) is 0 Å². The van der Waals surface area contributed by atoms with Gasteiger partial charge in [0.1, 0.15) is 0 Å². The van der Waals surface area contributed by atoms with Gasteiger partial charge in [-0.15, -0.1) is 0 Å². The smallest absolute Gasteiger partial charge is 0.332 e. The molecule has 1 atom stereocenters. The summed E-state index contributed by atoms with van der Waals surface area (Å²) < 4.78 is 0. The normalized spacial score (nSPS) is 23.0. The Morgan fingerprint density at radius 3 is 2.94 bits per heavy atom. The van der Waals surface area contributed by atoms with Gasteiger partial charge in [-0.2, -0.15) is 5.10 Å². The van der Waals surface area contributed by atoms with E-state index in [0.717, 1.165) is 31.4 Å². The molecule has 6 heteroatoms. The molecule has 1 aliphatic carbocycles. The van der Waals surface area contributed by atoms with Crippen LogP contribution in [0.3, 0.4) is 0 Å². The third-order valence-electron chi connectivity index (χ3n) is 2.69. The molecule has 2 amide bonds. The van der Waals surface area contributed by atoms with Gasteiger partial charge in [0.25, 0.3) is 0 Å². The molecule has 0 aromatic carbocycles. The number of nitrogens with one attached hydrogen (secondary N) is 1. The summed E-state index contributed by atoms with van der Waals surface area (Å²) >= 11 is 0. The van der Waals surface area contributed by atoms with Crippen molar-refractivity contribution in [3.8, 4) is 0 Å². The highest BCUT2D eigenvalue weighted by Gasteiger charge is 2.19. The van der Waals surface area contributed by atoms with E-state index in [4.69, 9.17) is 10.8 Å². The number of carboxylic acids is 1. The van der Waals surface area contributed by atoms with Gasteiger partial charge < -0.3 is 10.8 Å². The van der Waals surface area contributed by atoms with Crippen LogP contribution >= 0.6 is 0 Å². The average molecular weight is 227 g/mol. The third-order valence-corrected chi connectivity index (χ3v) is 2.69. The van der Waals surface area contributed by atoms with Gasteiger partial charge >= 0.3 is 12.0 Å². The Labute approximate surface area is 93.9 Å². The molecule has 1 saturated carbocycles. The second-order valence-corrected chi connectivity index (χ2v) is 4.05. The van der Waals surface area contributed by atoms with E-state index in [1.807, 2.05) is 0 Å². The number of hydrogen-bond donors (Lipinski definition) is 3. The van der Waals surface area contributed by atoms with Crippen molar-refractivity contribution in [2.45, 2.75) is 38.5 Å². The lowest BCUT2D eigenvalue weighted by Gasteiger charge is -2.22. The molecule has 0 aliphatic heterocycles. The summed E-state index contributed by atoms with van der Waals surface area (Å²) in [7, 11) is 0. The van der Waals surface area contributed by atoms with Crippen LogP contribution in [0.1, 0.15) is 38.5 Å². The number of hydrogen-bond acceptors (Lipinski definition) is 3. The first kappa shape index (κ1) is 12.5. The molecule has 0 saturated heterocycles. The number of nitrogens with zero attached hydrogens (tertiary/aromatic N) is 1. The molecule has 1 aliphatic rings. The number of carbonyl (C=O) groups excluding carboxylic acids is 1. The van der Waals surface area contributed by atoms with Crippen molar-refractivity contribution in [2.24, 2.45) is 16.8 Å². The molecule has 1 unspecified atom stereocenters. The Kier molecular flexibility index (Phi) is 4.75. The summed E-state index contributed by atoms with van der Waals surface area (Å²) in [5.74, 6) is -0.405. The number of urea groups is 1. The second-order valence-electron chi connectivity index (χ2n) is 4.05. The van der Waals surface area contributed by atoms with Gasteiger partial charge in [-0.1, -0.05) is 0 Å². The molecule has 0 spiro atoms. The van der Waals surface area contributed by atoms with Crippen molar-refractivity contribution >= 4 is 17.7 Å². The Bertz CT molecular complexity index is 302. The van der Waals surface area contributed by atoms with Gasteiger partial charge in [0.15, 0.2) is 0 Å². The van der Waals surface area contributed by atoms with Crippen LogP contribution in [-0.4, -0.2) is 22.8 Å². The molecular weight excluding hydrogens is 210 g/mol. The largest absolute Gasteiger partial charge is 0.481 e. The number of primary amides is 1. The highest BCUT2D eigenvalue weighted by molar-refractivity contribution is 5.86. The SMILES string of the molecule is NC(=O)NN=C1CCCC(CCC(=O)O)C1. The minimum atomic E-state index is -0.765. The van der Waals surface area contributed by atoms with Crippen LogP contribution in [-0.2, 0) is 4.79 Å². The lowest BCUT2D eigenvalue weighted by molar-refractivity contribution is -0.137. The fourth-order valence-electron chi connectivity index (χ4n) is 1.94. The second kappa shape index (κ2) is 6.09. The van der Waals surface area contributed by atoms with Crippen LogP contribution < -0.4 is 11.2 Å². The van der Waals surface area contributed by atoms with Crippen LogP contribution in [0.4, 0.5) is 4.79 Å². The van der Waals surface area contributed by atoms with Gasteiger partial charge in [-0.05, 0) is 38.0 Å². The number of hydrazone groups is 1. The number of carbonyl (C=O) groups is 2. The summed E-state index contributed by atoms with van der Waals surface area (Å²) in [6.45, 7) is 0. The van der Waals surface area contributed by atoms with Crippen molar-refractivity contribution in [3.05, 3.63) is 0 Å². The molecule has 90 valence electrons. The maximum Gasteiger partial charge on any atom is 0.332 e. The van der Waals surface area contributed by atoms with E-state index < -0.39 is 12.0 Å². The number of nitrogens with two attached hydrogens (primary N) is 1. The summed E-state index contributed by atoms with van der Waals surface area (Å²) in [6.07, 6.45) is 4.50.